The Morgan fingerprint density at radius 2 is 2.00 bits per heavy atom. The first kappa shape index (κ1) is 14.3. The third-order valence-corrected chi connectivity index (χ3v) is 3.24. The minimum absolute atomic E-state index is 0.0573. The van der Waals surface area contributed by atoms with E-state index in [1.54, 1.807) is 25.1 Å². The van der Waals surface area contributed by atoms with Crippen LogP contribution in [0.5, 0.6) is 5.75 Å². The van der Waals surface area contributed by atoms with Gasteiger partial charge in [-0.1, -0.05) is 29.8 Å². The molecule has 0 heterocycles. The number of amides is 1. The largest absolute Gasteiger partial charge is 0.508 e. The fourth-order valence-electron chi connectivity index (χ4n) is 1.87. The SMILES string of the molecule is CC(NC(=O)c1cc(O)ccc1Cl)c1ccccc1F. The molecule has 0 saturated heterocycles. The Hall–Kier alpha value is -2.07. The molecular formula is C15H13ClFNO2. The minimum Gasteiger partial charge on any atom is -0.508 e. The highest BCUT2D eigenvalue weighted by atomic mass is 35.5. The summed E-state index contributed by atoms with van der Waals surface area (Å²) >= 11 is 5.91. The number of nitrogens with one attached hydrogen (secondary N) is 1. The van der Waals surface area contributed by atoms with Crippen LogP contribution in [0.2, 0.25) is 5.02 Å². The number of carbonyl (C=O) groups is 1. The molecule has 0 fully saturated rings. The molecule has 104 valence electrons. The highest BCUT2D eigenvalue weighted by molar-refractivity contribution is 6.33. The van der Waals surface area contributed by atoms with Gasteiger partial charge in [0.2, 0.25) is 0 Å². The Balaban J connectivity index is 2.20. The lowest BCUT2D eigenvalue weighted by molar-refractivity contribution is 0.0939. The molecule has 0 aliphatic rings. The zero-order chi connectivity index (χ0) is 14.7. The summed E-state index contributed by atoms with van der Waals surface area (Å²) in [5, 5.41) is 12.3. The van der Waals surface area contributed by atoms with Crippen molar-refractivity contribution in [3.63, 3.8) is 0 Å². The van der Waals surface area contributed by atoms with Crippen LogP contribution >= 0.6 is 11.6 Å². The molecule has 0 bridgehead atoms. The number of rotatable bonds is 3. The molecule has 20 heavy (non-hydrogen) atoms. The van der Waals surface area contributed by atoms with Crippen molar-refractivity contribution in [2.24, 2.45) is 0 Å². The fraction of sp³-hybridized carbons (Fsp3) is 0.133. The molecule has 0 aromatic heterocycles. The van der Waals surface area contributed by atoms with E-state index < -0.39 is 11.9 Å². The van der Waals surface area contributed by atoms with Crippen molar-refractivity contribution in [1.29, 1.82) is 0 Å². The molecule has 1 unspecified atom stereocenters. The van der Waals surface area contributed by atoms with Crippen LogP contribution in [-0.2, 0) is 0 Å². The van der Waals surface area contributed by atoms with Gasteiger partial charge in [0.1, 0.15) is 11.6 Å². The Morgan fingerprint density at radius 3 is 2.70 bits per heavy atom. The van der Waals surface area contributed by atoms with Gasteiger partial charge in [0.05, 0.1) is 16.6 Å². The standard InChI is InChI=1S/C15H13ClFNO2/c1-9(11-4-2-3-5-14(11)17)18-15(20)12-8-10(19)6-7-13(12)16/h2-9,19H,1H3,(H,18,20). The maximum atomic E-state index is 13.6. The number of phenolic OH excluding ortho intramolecular Hbond substituents is 1. The molecule has 5 heteroatoms. The molecule has 2 N–H and O–H groups in total. The highest BCUT2D eigenvalue weighted by Gasteiger charge is 2.16. The second kappa shape index (κ2) is 5.92. The molecule has 3 nitrogen and oxygen atoms in total. The Morgan fingerprint density at radius 1 is 1.30 bits per heavy atom. The Bertz CT molecular complexity index is 646. The normalized spacial score (nSPS) is 11.9. The van der Waals surface area contributed by atoms with Gasteiger partial charge >= 0.3 is 0 Å². The maximum Gasteiger partial charge on any atom is 0.253 e. The molecule has 2 rings (SSSR count). The van der Waals surface area contributed by atoms with Crippen LogP contribution in [0.4, 0.5) is 4.39 Å². The molecule has 0 spiro atoms. The predicted octanol–water partition coefficient (Wildman–Crippen LogP) is 3.68. The van der Waals surface area contributed by atoms with Gasteiger partial charge in [-0.25, -0.2) is 4.39 Å². The van der Waals surface area contributed by atoms with Gasteiger partial charge in [0.25, 0.3) is 5.91 Å². The first-order valence-corrected chi connectivity index (χ1v) is 6.40. The first-order chi connectivity index (χ1) is 9.49. The van der Waals surface area contributed by atoms with Crippen LogP contribution in [-0.4, -0.2) is 11.0 Å². The smallest absolute Gasteiger partial charge is 0.253 e. The van der Waals surface area contributed by atoms with Crippen LogP contribution in [0.15, 0.2) is 42.5 Å². The summed E-state index contributed by atoms with van der Waals surface area (Å²) in [6.07, 6.45) is 0. The highest BCUT2D eigenvalue weighted by Crippen LogP contribution is 2.22. The lowest BCUT2D eigenvalue weighted by Crippen LogP contribution is -2.27. The van der Waals surface area contributed by atoms with Crippen molar-refractivity contribution in [2.75, 3.05) is 0 Å². The molecule has 0 radical (unpaired) electrons. The molecule has 0 aliphatic heterocycles. The quantitative estimate of drug-likeness (QED) is 0.907. The summed E-state index contributed by atoms with van der Waals surface area (Å²) in [5.74, 6) is -0.915. The average molecular weight is 294 g/mol. The van der Waals surface area contributed by atoms with E-state index >= 15 is 0 Å². The number of hydrogen-bond donors (Lipinski definition) is 2. The summed E-state index contributed by atoms with van der Waals surface area (Å²) in [6, 6.07) is 9.79. The molecule has 2 aromatic carbocycles. The summed E-state index contributed by atoms with van der Waals surface area (Å²) in [5.41, 5.74) is 0.534. The lowest BCUT2D eigenvalue weighted by Gasteiger charge is -2.15. The number of phenols is 1. The monoisotopic (exact) mass is 293 g/mol. The second-order valence-corrected chi connectivity index (χ2v) is 4.79. The number of halogens is 2. The molecular weight excluding hydrogens is 281 g/mol. The topological polar surface area (TPSA) is 49.3 Å². The Labute approximate surface area is 121 Å². The fourth-order valence-corrected chi connectivity index (χ4v) is 2.07. The van der Waals surface area contributed by atoms with Gasteiger partial charge in [-0.2, -0.15) is 0 Å². The first-order valence-electron chi connectivity index (χ1n) is 6.03. The zero-order valence-electron chi connectivity index (χ0n) is 10.7. The number of carbonyl (C=O) groups excluding carboxylic acids is 1. The molecule has 1 atom stereocenters. The van der Waals surface area contributed by atoms with Gasteiger partial charge in [0.15, 0.2) is 0 Å². The van der Waals surface area contributed by atoms with Gasteiger partial charge < -0.3 is 10.4 Å². The summed E-state index contributed by atoms with van der Waals surface area (Å²) in [7, 11) is 0. The Kier molecular flexibility index (Phi) is 4.25. The van der Waals surface area contributed by atoms with Crippen molar-refractivity contribution < 1.29 is 14.3 Å². The molecule has 1 amide bonds. The average Bonchev–Trinajstić information content (AvgIpc) is 2.41. The van der Waals surface area contributed by atoms with Crippen molar-refractivity contribution in [1.82, 2.24) is 5.32 Å². The number of hydrogen-bond acceptors (Lipinski definition) is 2. The van der Waals surface area contributed by atoms with E-state index in [9.17, 15) is 14.3 Å². The van der Waals surface area contributed by atoms with E-state index in [0.29, 0.717) is 5.56 Å². The van der Waals surface area contributed by atoms with E-state index in [0.717, 1.165) is 0 Å². The van der Waals surface area contributed by atoms with Crippen molar-refractivity contribution >= 4 is 17.5 Å². The van der Waals surface area contributed by atoms with Crippen LogP contribution in [0.3, 0.4) is 0 Å². The van der Waals surface area contributed by atoms with Crippen LogP contribution in [0.25, 0.3) is 0 Å². The maximum absolute atomic E-state index is 13.6. The van der Waals surface area contributed by atoms with E-state index in [2.05, 4.69) is 5.32 Å². The van der Waals surface area contributed by atoms with Crippen molar-refractivity contribution in [3.05, 3.63) is 64.4 Å². The van der Waals surface area contributed by atoms with E-state index in [4.69, 9.17) is 11.6 Å². The predicted molar refractivity (Wildman–Crippen MR) is 75.4 cm³/mol. The molecule has 0 aliphatic carbocycles. The summed E-state index contributed by atoms with van der Waals surface area (Å²) in [6.45, 7) is 1.67. The van der Waals surface area contributed by atoms with Gasteiger partial charge in [-0.05, 0) is 31.2 Å². The van der Waals surface area contributed by atoms with Gasteiger partial charge in [0, 0.05) is 5.56 Å². The minimum atomic E-state index is -0.512. The summed E-state index contributed by atoms with van der Waals surface area (Å²) < 4.78 is 13.6. The van der Waals surface area contributed by atoms with Crippen molar-refractivity contribution in [2.45, 2.75) is 13.0 Å². The van der Waals surface area contributed by atoms with Gasteiger partial charge in [-0.15, -0.1) is 0 Å². The summed E-state index contributed by atoms with van der Waals surface area (Å²) in [4.78, 5) is 12.1. The van der Waals surface area contributed by atoms with Crippen LogP contribution in [0.1, 0.15) is 28.9 Å². The third kappa shape index (κ3) is 3.08. The van der Waals surface area contributed by atoms with E-state index in [1.165, 1.54) is 24.3 Å². The second-order valence-electron chi connectivity index (χ2n) is 4.38. The van der Waals surface area contributed by atoms with Crippen molar-refractivity contribution in [3.8, 4) is 5.75 Å². The third-order valence-electron chi connectivity index (χ3n) is 2.91. The number of benzene rings is 2. The lowest BCUT2D eigenvalue weighted by atomic mass is 10.1. The van der Waals surface area contributed by atoms with Gasteiger partial charge in [-0.3, -0.25) is 4.79 Å². The van der Waals surface area contributed by atoms with E-state index in [-0.39, 0.29) is 22.2 Å². The zero-order valence-corrected chi connectivity index (χ0v) is 11.5. The molecule has 2 aromatic rings. The number of aromatic hydroxyl groups is 1. The van der Waals surface area contributed by atoms with Crippen LogP contribution < -0.4 is 5.32 Å². The van der Waals surface area contributed by atoms with Crippen LogP contribution in [0, 0.1) is 5.82 Å². The van der Waals surface area contributed by atoms with E-state index in [1.807, 2.05) is 0 Å². The molecule has 0 saturated carbocycles.